The van der Waals surface area contributed by atoms with Gasteiger partial charge in [-0.05, 0) is 38.5 Å². The second-order valence-electron chi connectivity index (χ2n) is 4.41. The Morgan fingerprint density at radius 3 is 2.57 bits per heavy atom. The predicted molar refractivity (Wildman–Crippen MR) is 53.7 cm³/mol. The Kier molecular flexibility index (Phi) is 2.76. The highest BCUT2D eigenvalue weighted by Gasteiger charge is 2.48. The summed E-state index contributed by atoms with van der Waals surface area (Å²) >= 11 is 0. The molecule has 1 unspecified atom stereocenters. The van der Waals surface area contributed by atoms with Crippen LogP contribution < -0.4 is 5.32 Å². The average Bonchev–Trinajstić information content (AvgIpc) is 3.02. The lowest BCUT2D eigenvalue weighted by Crippen LogP contribution is -2.51. The zero-order chi connectivity index (χ0) is 10.0. The van der Waals surface area contributed by atoms with Gasteiger partial charge in [0, 0.05) is 12.6 Å². The van der Waals surface area contributed by atoms with Gasteiger partial charge < -0.3 is 4.74 Å². The van der Waals surface area contributed by atoms with Gasteiger partial charge in [0.2, 0.25) is 0 Å². The molecule has 2 fully saturated rings. The fourth-order valence-corrected chi connectivity index (χ4v) is 1.86. The summed E-state index contributed by atoms with van der Waals surface area (Å²) in [6.45, 7) is 3.23. The maximum Gasteiger partial charge on any atom is 0.133 e. The smallest absolute Gasteiger partial charge is 0.133 e. The van der Waals surface area contributed by atoms with E-state index in [4.69, 9.17) is 4.74 Å². The van der Waals surface area contributed by atoms with Crippen LogP contribution in [0.5, 0.6) is 0 Å². The van der Waals surface area contributed by atoms with Crippen LogP contribution in [-0.2, 0) is 4.74 Å². The van der Waals surface area contributed by atoms with E-state index in [0.29, 0.717) is 25.2 Å². The van der Waals surface area contributed by atoms with Crippen molar-refractivity contribution in [2.75, 3.05) is 13.2 Å². The van der Waals surface area contributed by atoms with Crippen LogP contribution in [0.1, 0.15) is 32.6 Å². The minimum Gasteiger partial charge on any atom is -0.379 e. The zero-order valence-electron chi connectivity index (χ0n) is 8.75. The molecule has 1 N–H and O–H groups in total. The number of nitrogens with zero attached hydrogens (tertiary/aromatic N) is 1. The molecule has 0 spiro atoms. The van der Waals surface area contributed by atoms with E-state index in [1.165, 1.54) is 25.7 Å². The second-order valence-corrected chi connectivity index (χ2v) is 4.41. The van der Waals surface area contributed by atoms with Crippen LogP contribution in [0.15, 0.2) is 0 Å². The van der Waals surface area contributed by atoms with E-state index in [2.05, 4.69) is 11.4 Å². The van der Waals surface area contributed by atoms with Gasteiger partial charge in [-0.1, -0.05) is 0 Å². The third-order valence-electron chi connectivity index (χ3n) is 3.05. The number of hydrogen-bond donors (Lipinski definition) is 1. The topological polar surface area (TPSA) is 45.0 Å². The molecule has 0 aromatic carbocycles. The number of rotatable bonds is 6. The molecule has 0 radical (unpaired) electrons. The highest BCUT2D eigenvalue weighted by Crippen LogP contribution is 2.41. The van der Waals surface area contributed by atoms with E-state index in [1.807, 2.05) is 6.92 Å². The Bertz CT molecular complexity index is 240. The number of ether oxygens (including phenoxy) is 1. The van der Waals surface area contributed by atoms with E-state index < -0.39 is 0 Å². The minimum atomic E-state index is -0.378. The van der Waals surface area contributed by atoms with Crippen molar-refractivity contribution in [1.29, 1.82) is 5.26 Å². The maximum atomic E-state index is 9.30. The summed E-state index contributed by atoms with van der Waals surface area (Å²) in [5.41, 5.74) is -0.378. The highest BCUT2D eigenvalue weighted by atomic mass is 16.5. The van der Waals surface area contributed by atoms with Crippen LogP contribution in [0.25, 0.3) is 0 Å². The molecule has 2 saturated carbocycles. The van der Waals surface area contributed by atoms with Crippen LogP contribution in [-0.4, -0.2) is 24.8 Å². The van der Waals surface area contributed by atoms with Gasteiger partial charge in [-0.3, -0.25) is 5.32 Å². The summed E-state index contributed by atoms with van der Waals surface area (Å²) in [6.07, 6.45) is 4.81. The summed E-state index contributed by atoms with van der Waals surface area (Å²) in [6, 6.07) is 3.03. The molecular formula is C11H18N2O. The molecule has 0 aromatic heterocycles. The Labute approximate surface area is 85.4 Å². The van der Waals surface area contributed by atoms with E-state index in [1.54, 1.807) is 0 Å². The van der Waals surface area contributed by atoms with Crippen molar-refractivity contribution in [3.05, 3.63) is 0 Å². The summed E-state index contributed by atoms with van der Waals surface area (Å²) < 4.78 is 5.43. The third kappa shape index (κ3) is 2.08. The maximum absolute atomic E-state index is 9.30. The molecular weight excluding hydrogens is 176 g/mol. The first-order chi connectivity index (χ1) is 6.80. The fraction of sp³-hybridized carbons (Fsp3) is 0.909. The molecule has 2 rings (SSSR count). The van der Waals surface area contributed by atoms with Gasteiger partial charge in [0.25, 0.3) is 0 Å². The Morgan fingerprint density at radius 1 is 1.43 bits per heavy atom. The first-order valence-electron chi connectivity index (χ1n) is 5.57. The molecule has 2 aliphatic rings. The lowest BCUT2D eigenvalue weighted by Gasteiger charge is -2.27. The predicted octanol–water partition coefficient (Wildman–Crippen LogP) is 1.45. The summed E-state index contributed by atoms with van der Waals surface area (Å²) in [5.74, 6) is 0.527. The van der Waals surface area contributed by atoms with E-state index in [0.717, 1.165) is 0 Å². The Hall–Kier alpha value is -0.590. The molecule has 0 aromatic rings. The van der Waals surface area contributed by atoms with Crippen molar-refractivity contribution in [3.8, 4) is 6.07 Å². The van der Waals surface area contributed by atoms with Crippen molar-refractivity contribution >= 4 is 0 Å². The molecule has 0 heterocycles. The minimum absolute atomic E-state index is 0.378. The van der Waals surface area contributed by atoms with E-state index in [9.17, 15) is 5.26 Å². The number of nitriles is 1. The number of hydrogen-bond acceptors (Lipinski definition) is 3. The molecule has 3 heteroatoms. The molecule has 0 aliphatic heterocycles. The molecule has 14 heavy (non-hydrogen) atoms. The summed E-state index contributed by atoms with van der Waals surface area (Å²) in [7, 11) is 0. The van der Waals surface area contributed by atoms with Gasteiger partial charge in [0.05, 0.1) is 12.7 Å². The van der Waals surface area contributed by atoms with Gasteiger partial charge in [-0.2, -0.15) is 5.26 Å². The Morgan fingerprint density at radius 2 is 2.14 bits per heavy atom. The van der Waals surface area contributed by atoms with Crippen molar-refractivity contribution in [1.82, 2.24) is 5.32 Å². The van der Waals surface area contributed by atoms with Gasteiger partial charge in [-0.15, -0.1) is 0 Å². The van der Waals surface area contributed by atoms with Crippen LogP contribution in [0.2, 0.25) is 0 Å². The highest BCUT2D eigenvalue weighted by molar-refractivity contribution is 5.17. The lowest BCUT2D eigenvalue weighted by molar-refractivity contribution is 0.0891. The molecule has 0 amide bonds. The lowest BCUT2D eigenvalue weighted by atomic mass is 9.96. The van der Waals surface area contributed by atoms with Gasteiger partial charge in [0.1, 0.15) is 5.54 Å². The normalized spacial score (nSPS) is 25.4. The van der Waals surface area contributed by atoms with Crippen LogP contribution in [0, 0.1) is 17.2 Å². The van der Waals surface area contributed by atoms with Crippen LogP contribution in [0.4, 0.5) is 0 Å². The molecule has 3 nitrogen and oxygen atoms in total. The molecule has 78 valence electrons. The quantitative estimate of drug-likeness (QED) is 0.696. The van der Waals surface area contributed by atoms with Crippen LogP contribution >= 0.6 is 0 Å². The monoisotopic (exact) mass is 194 g/mol. The third-order valence-corrected chi connectivity index (χ3v) is 3.05. The standard InChI is InChI=1S/C11H18N2O/c1-2-14-8-11(7-12,9-3-4-9)13-10-5-6-10/h9-10,13H,2-6,8H2,1H3. The molecule has 2 aliphatic carbocycles. The SMILES string of the molecule is CCOCC(C#N)(NC1CC1)C1CC1. The van der Waals surface area contributed by atoms with Gasteiger partial charge in [-0.25, -0.2) is 0 Å². The van der Waals surface area contributed by atoms with Gasteiger partial charge in [0.15, 0.2) is 0 Å². The van der Waals surface area contributed by atoms with Crippen LogP contribution in [0.3, 0.4) is 0 Å². The average molecular weight is 194 g/mol. The fourth-order valence-electron chi connectivity index (χ4n) is 1.86. The van der Waals surface area contributed by atoms with E-state index in [-0.39, 0.29) is 5.54 Å². The zero-order valence-corrected chi connectivity index (χ0v) is 8.75. The van der Waals surface area contributed by atoms with Crippen molar-refractivity contribution in [2.45, 2.75) is 44.2 Å². The second kappa shape index (κ2) is 3.88. The first-order valence-corrected chi connectivity index (χ1v) is 5.57. The molecule has 0 bridgehead atoms. The van der Waals surface area contributed by atoms with Gasteiger partial charge >= 0.3 is 0 Å². The number of nitrogens with one attached hydrogen (secondary N) is 1. The van der Waals surface area contributed by atoms with Crippen molar-refractivity contribution in [3.63, 3.8) is 0 Å². The Balaban J connectivity index is 1.96. The summed E-state index contributed by atoms with van der Waals surface area (Å²) in [5, 5.41) is 12.8. The molecule has 0 saturated heterocycles. The van der Waals surface area contributed by atoms with E-state index >= 15 is 0 Å². The van der Waals surface area contributed by atoms with Crippen molar-refractivity contribution < 1.29 is 4.74 Å². The van der Waals surface area contributed by atoms with Crippen molar-refractivity contribution in [2.24, 2.45) is 5.92 Å². The first kappa shape index (κ1) is 9.95. The largest absolute Gasteiger partial charge is 0.379 e. The summed E-state index contributed by atoms with van der Waals surface area (Å²) in [4.78, 5) is 0. The molecule has 1 atom stereocenters.